The van der Waals surface area contributed by atoms with E-state index in [0.717, 1.165) is 11.8 Å². The molecule has 1 aromatic heterocycles. The molecule has 1 aromatic carbocycles. The number of hydrogen-bond acceptors (Lipinski definition) is 5. The summed E-state index contributed by atoms with van der Waals surface area (Å²) < 4.78 is 14.4. The molecule has 0 aliphatic rings. The molecule has 0 aliphatic carbocycles. The van der Waals surface area contributed by atoms with Crippen LogP contribution in [0.4, 0.5) is 10.1 Å². The molecule has 0 bridgehead atoms. The number of aryl methyl sites for hydroxylation is 1. The number of rotatable bonds is 2. The van der Waals surface area contributed by atoms with Crippen LogP contribution in [0.1, 0.15) is 0 Å². The zero-order valence-corrected chi connectivity index (χ0v) is 10.1. The van der Waals surface area contributed by atoms with Crippen molar-refractivity contribution in [2.75, 3.05) is 5.73 Å². The molecule has 0 saturated carbocycles. The van der Waals surface area contributed by atoms with E-state index in [1.807, 2.05) is 0 Å². The smallest absolute Gasteiger partial charge is 0.339 e. The summed E-state index contributed by atoms with van der Waals surface area (Å²) in [5.41, 5.74) is 4.08. The maximum absolute atomic E-state index is 13.1. The van der Waals surface area contributed by atoms with Gasteiger partial charge in [-0.1, -0.05) is 0 Å². The Balaban J connectivity index is 2.43. The van der Waals surface area contributed by atoms with Gasteiger partial charge in [0.05, 0.1) is 0 Å². The van der Waals surface area contributed by atoms with Gasteiger partial charge in [0.15, 0.2) is 5.16 Å². The highest BCUT2D eigenvalue weighted by Crippen LogP contribution is 2.26. The van der Waals surface area contributed by atoms with Crippen LogP contribution in [-0.2, 0) is 7.05 Å². The van der Waals surface area contributed by atoms with Crippen molar-refractivity contribution in [2.24, 2.45) is 7.05 Å². The quantitative estimate of drug-likeness (QED) is 0.605. The maximum atomic E-state index is 13.1. The number of halogens is 1. The van der Waals surface area contributed by atoms with E-state index in [4.69, 9.17) is 5.73 Å². The molecule has 0 fully saturated rings. The fraction of sp³-hybridized carbons (Fsp3) is 0.100. The maximum Gasteiger partial charge on any atom is 0.339 e. The molecule has 8 heteroatoms. The van der Waals surface area contributed by atoms with Crippen LogP contribution in [-0.4, -0.2) is 14.8 Å². The third kappa shape index (κ3) is 2.59. The summed E-state index contributed by atoms with van der Waals surface area (Å²) in [6.07, 6.45) is 0. The molecule has 2 aromatic rings. The van der Waals surface area contributed by atoms with Crippen LogP contribution in [0, 0.1) is 5.82 Å². The third-order valence-electron chi connectivity index (χ3n) is 2.05. The van der Waals surface area contributed by atoms with Crippen LogP contribution >= 0.6 is 11.8 Å². The molecule has 6 nitrogen and oxygen atoms in total. The SMILES string of the molecule is Cn1[nH]c(=O)c(=O)nc1Sc1cc(N)cc(F)c1. The standard InChI is InChI=1S/C10H9FN4O2S/c1-15-10(13-8(16)9(17)14-15)18-7-3-5(11)2-6(12)4-7/h2-4H,12H2,1H3,(H,14,17). The second-order valence-electron chi connectivity index (χ2n) is 3.52. The molecule has 0 radical (unpaired) electrons. The van der Waals surface area contributed by atoms with Gasteiger partial charge >= 0.3 is 11.1 Å². The highest BCUT2D eigenvalue weighted by atomic mass is 32.2. The monoisotopic (exact) mass is 268 g/mol. The number of H-pyrrole nitrogens is 1. The average Bonchev–Trinajstić information content (AvgIpc) is 2.24. The zero-order chi connectivity index (χ0) is 13.3. The number of aromatic amines is 1. The van der Waals surface area contributed by atoms with E-state index in [2.05, 4.69) is 10.1 Å². The first kappa shape index (κ1) is 12.4. The lowest BCUT2D eigenvalue weighted by Crippen LogP contribution is -2.33. The Kier molecular flexibility index (Phi) is 3.19. The normalized spacial score (nSPS) is 10.6. The first-order chi connectivity index (χ1) is 8.45. The molecule has 3 N–H and O–H groups in total. The Hall–Kier alpha value is -2.09. The fourth-order valence-corrected chi connectivity index (χ4v) is 2.19. The molecule has 0 amide bonds. The summed E-state index contributed by atoms with van der Waals surface area (Å²) in [7, 11) is 1.53. The second kappa shape index (κ2) is 4.65. The largest absolute Gasteiger partial charge is 0.399 e. The minimum atomic E-state index is -0.889. The number of nitrogens with two attached hydrogens (primary N) is 1. The lowest BCUT2D eigenvalue weighted by Gasteiger charge is -2.06. The van der Waals surface area contributed by atoms with Gasteiger partial charge in [-0.05, 0) is 30.0 Å². The third-order valence-corrected chi connectivity index (χ3v) is 3.07. The van der Waals surface area contributed by atoms with E-state index >= 15 is 0 Å². The fourth-order valence-electron chi connectivity index (χ4n) is 1.30. The minimum Gasteiger partial charge on any atom is -0.399 e. The Morgan fingerprint density at radius 1 is 1.39 bits per heavy atom. The van der Waals surface area contributed by atoms with Gasteiger partial charge in [0.2, 0.25) is 0 Å². The van der Waals surface area contributed by atoms with Gasteiger partial charge < -0.3 is 5.73 Å². The van der Waals surface area contributed by atoms with Crippen molar-refractivity contribution in [2.45, 2.75) is 10.1 Å². The molecule has 18 heavy (non-hydrogen) atoms. The Labute approximate surface area is 105 Å². The topological polar surface area (TPSA) is 93.8 Å². The van der Waals surface area contributed by atoms with Crippen LogP contribution < -0.4 is 16.9 Å². The number of aromatic nitrogens is 3. The summed E-state index contributed by atoms with van der Waals surface area (Å²) in [5.74, 6) is -0.480. The number of anilines is 1. The van der Waals surface area contributed by atoms with Gasteiger partial charge in [0.25, 0.3) is 0 Å². The predicted octanol–water partition coefficient (Wildman–Crippen LogP) is 0.341. The summed E-state index contributed by atoms with van der Waals surface area (Å²) in [6, 6.07) is 3.99. The summed E-state index contributed by atoms with van der Waals surface area (Å²) in [6.45, 7) is 0. The van der Waals surface area contributed by atoms with Crippen molar-refractivity contribution in [3.8, 4) is 0 Å². The zero-order valence-electron chi connectivity index (χ0n) is 9.31. The average molecular weight is 268 g/mol. The van der Waals surface area contributed by atoms with E-state index in [1.54, 1.807) is 6.07 Å². The molecule has 0 atom stereocenters. The van der Waals surface area contributed by atoms with Crippen LogP contribution in [0.3, 0.4) is 0 Å². The van der Waals surface area contributed by atoms with Crippen LogP contribution in [0.2, 0.25) is 0 Å². The molecule has 0 unspecified atom stereocenters. The lowest BCUT2D eigenvalue weighted by molar-refractivity contribution is 0.596. The predicted molar refractivity (Wildman–Crippen MR) is 65.0 cm³/mol. The van der Waals surface area contributed by atoms with Gasteiger partial charge in [0, 0.05) is 17.6 Å². The first-order valence-corrected chi connectivity index (χ1v) is 5.68. The number of benzene rings is 1. The number of nitrogens with zero attached hydrogens (tertiary/aromatic N) is 2. The highest BCUT2D eigenvalue weighted by molar-refractivity contribution is 7.99. The Morgan fingerprint density at radius 3 is 2.78 bits per heavy atom. The van der Waals surface area contributed by atoms with Crippen LogP contribution in [0.25, 0.3) is 0 Å². The van der Waals surface area contributed by atoms with E-state index in [0.29, 0.717) is 4.90 Å². The van der Waals surface area contributed by atoms with Crippen molar-refractivity contribution in [3.05, 3.63) is 44.7 Å². The van der Waals surface area contributed by atoms with Gasteiger partial charge in [-0.2, -0.15) is 4.98 Å². The molecule has 0 spiro atoms. The Bertz CT molecular complexity index is 690. The number of hydrogen-bond donors (Lipinski definition) is 2. The van der Waals surface area contributed by atoms with E-state index in [9.17, 15) is 14.0 Å². The molecule has 0 aliphatic heterocycles. The van der Waals surface area contributed by atoms with Crippen molar-refractivity contribution in [3.63, 3.8) is 0 Å². The summed E-state index contributed by atoms with van der Waals surface area (Å²) in [5, 5.41) is 2.54. The number of nitrogen functional groups attached to an aromatic ring is 1. The van der Waals surface area contributed by atoms with Crippen molar-refractivity contribution in [1.82, 2.24) is 14.8 Å². The van der Waals surface area contributed by atoms with Gasteiger partial charge in [0.1, 0.15) is 5.82 Å². The van der Waals surface area contributed by atoms with E-state index < -0.39 is 16.9 Å². The van der Waals surface area contributed by atoms with Crippen molar-refractivity contribution >= 4 is 17.4 Å². The molecule has 0 saturated heterocycles. The lowest BCUT2D eigenvalue weighted by atomic mass is 10.3. The number of nitrogens with one attached hydrogen (secondary N) is 1. The molecular formula is C10H9FN4O2S. The van der Waals surface area contributed by atoms with Crippen LogP contribution in [0.15, 0.2) is 37.8 Å². The highest BCUT2D eigenvalue weighted by Gasteiger charge is 2.07. The first-order valence-electron chi connectivity index (χ1n) is 4.87. The van der Waals surface area contributed by atoms with E-state index in [-0.39, 0.29) is 10.8 Å². The second-order valence-corrected chi connectivity index (χ2v) is 4.56. The van der Waals surface area contributed by atoms with Gasteiger partial charge in [-0.3, -0.25) is 19.4 Å². The molecular weight excluding hydrogens is 259 g/mol. The molecule has 1 heterocycles. The summed E-state index contributed by atoms with van der Waals surface area (Å²) >= 11 is 1.03. The van der Waals surface area contributed by atoms with Crippen molar-refractivity contribution in [1.29, 1.82) is 0 Å². The minimum absolute atomic E-state index is 0.240. The Morgan fingerprint density at radius 2 is 2.11 bits per heavy atom. The van der Waals surface area contributed by atoms with E-state index in [1.165, 1.54) is 23.9 Å². The summed E-state index contributed by atoms with van der Waals surface area (Å²) in [4.78, 5) is 26.2. The van der Waals surface area contributed by atoms with Gasteiger partial charge in [-0.15, -0.1) is 0 Å². The van der Waals surface area contributed by atoms with Crippen LogP contribution in [0.5, 0.6) is 0 Å². The molecule has 94 valence electrons. The van der Waals surface area contributed by atoms with Gasteiger partial charge in [-0.25, -0.2) is 4.39 Å². The molecule has 2 rings (SSSR count). The van der Waals surface area contributed by atoms with Crippen molar-refractivity contribution < 1.29 is 4.39 Å².